The molecule has 0 unspecified atom stereocenters. The number of hydrogen-bond donors (Lipinski definition) is 2. The van der Waals surface area contributed by atoms with Crippen molar-refractivity contribution in [2.75, 3.05) is 37.9 Å². The average Bonchev–Trinajstić information content (AvgIpc) is 3.25. The predicted molar refractivity (Wildman–Crippen MR) is 120 cm³/mol. The number of rotatable bonds is 8. The van der Waals surface area contributed by atoms with Crippen LogP contribution >= 0.6 is 0 Å². The standard InChI is InChI=1S/C24H31N3O3/c1-4-30-20-15-13-18(14-16-20)25-24(29)21-11-7-8-12-22(21)26-23(28)17-27(2,3)19-9-5-6-10-19/h7-8,11-16,19H,4-6,9-10,17H2,1-3H3,(H-,25,26,28,29)/p+1. The number of carbonyl (C=O) groups excluding carboxylic acids is 2. The maximum absolute atomic E-state index is 12.8. The van der Waals surface area contributed by atoms with Gasteiger partial charge in [-0.2, -0.15) is 0 Å². The molecule has 0 radical (unpaired) electrons. The van der Waals surface area contributed by atoms with E-state index in [4.69, 9.17) is 4.74 Å². The second-order valence-corrected chi connectivity index (χ2v) is 8.38. The number of benzene rings is 2. The Kier molecular flexibility index (Phi) is 7.11. The molecule has 0 spiro atoms. The van der Waals surface area contributed by atoms with E-state index in [2.05, 4.69) is 24.7 Å². The van der Waals surface area contributed by atoms with Crippen LogP contribution in [-0.4, -0.2) is 49.6 Å². The Bertz CT molecular complexity index is 872. The Labute approximate surface area is 178 Å². The molecule has 1 fully saturated rings. The molecule has 1 saturated carbocycles. The molecule has 0 heterocycles. The van der Waals surface area contributed by atoms with Crippen molar-refractivity contribution in [1.82, 2.24) is 0 Å². The average molecular weight is 411 g/mol. The van der Waals surface area contributed by atoms with E-state index in [1.807, 2.05) is 25.1 Å². The van der Waals surface area contributed by atoms with Crippen LogP contribution in [0.5, 0.6) is 5.75 Å². The zero-order valence-corrected chi connectivity index (χ0v) is 18.1. The smallest absolute Gasteiger partial charge is 0.279 e. The molecular weight excluding hydrogens is 378 g/mol. The maximum atomic E-state index is 12.8. The number of nitrogens with zero attached hydrogens (tertiary/aromatic N) is 1. The van der Waals surface area contributed by atoms with E-state index in [9.17, 15) is 9.59 Å². The normalized spacial score (nSPS) is 14.4. The van der Waals surface area contributed by atoms with Crippen LogP contribution in [0.2, 0.25) is 0 Å². The summed E-state index contributed by atoms with van der Waals surface area (Å²) in [7, 11) is 4.22. The lowest BCUT2D eigenvalue weighted by molar-refractivity contribution is -0.906. The molecule has 30 heavy (non-hydrogen) atoms. The number of ether oxygens (including phenoxy) is 1. The first-order chi connectivity index (χ1) is 14.4. The third-order valence-electron chi connectivity index (χ3n) is 5.73. The molecule has 3 rings (SSSR count). The van der Waals surface area contributed by atoms with Gasteiger partial charge in [0.1, 0.15) is 5.75 Å². The van der Waals surface area contributed by atoms with Crippen molar-refractivity contribution in [2.45, 2.75) is 38.6 Å². The van der Waals surface area contributed by atoms with E-state index >= 15 is 0 Å². The SMILES string of the molecule is CCOc1ccc(NC(=O)c2ccccc2NC(=O)C[N+](C)(C)C2CCCC2)cc1. The second-order valence-electron chi connectivity index (χ2n) is 8.38. The van der Waals surface area contributed by atoms with Gasteiger partial charge < -0.3 is 19.9 Å². The molecule has 0 aromatic heterocycles. The van der Waals surface area contributed by atoms with Crippen molar-refractivity contribution in [2.24, 2.45) is 0 Å². The predicted octanol–water partition coefficient (Wildman–Crippen LogP) is 4.30. The van der Waals surface area contributed by atoms with Gasteiger partial charge in [-0.15, -0.1) is 0 Å². The summed E-state index contributed by atoms with van der Waals surface area (Å²) in [4.78, 5) is 25.6. The van der Waals surface area contributed by atoms with E-state index in [1.165, 1.54) is 25.7 Å². The van der Waals surface area contributed by atoms with E-state index in [1.54, 1.807) is 30.3 Å². The van der Waals surface area contributed by atoms with Gasteiger partial charge in [0.15, 0.2) is 6.54 Å². The van der Waals surface area contributed by atoms with Crippen molar-refractivity contribution >= 4 is 23.2 Å². The molecule has 2 N–H and O–H groups in total. The third kappa shape index (κ3) is 5.60. The fourth-order valence-electron chi connectivity index (χ4n) is 4.08. The lowest BCUT2D eigenvalue weighted by Crippen LogP contribution is -2.51. The molecule has 6 nitrogen and oxygen atoms in total. The maximum Gasteiger partial charge on any atom is 0.279 e. The highest BCUT2D eigenvalue weighted by atomic mass is 16.5. The Hall–Kier alpha value is -2.86. The van der Waals surface area contributed by atoms with Gasteiger partial charge in [-0.25, -0.2) is 0 Å². The van der Waals surface area contributed by atoms with E-state index in [0.717, 1.165) is 5.75 Å². The molecule has 0 saturated heterocycles. The van der Waals surface area contributed by atoms with Crippen LogP contribution in [0.1, 0.15) is 43.0 Å². The zero-order valence-electron chi connectivity index (χ0n) is 18.1. The Morgan fingerprint density at radius 2 is 1.67 bits per heavy atom. The Morgan fingerprint density at radius 1 is 1.00 bits per heavy atom. The van der Waals surface area contributed by atoms with Gasteiger partial charge in [-0.3, -0.25) is 9.59 Å². The Balaban J connectivity index is 1.66. The van der Waals surface area contributed by atoms with Crippen LogP contribution in [0.3, 0.4) is 0 Å². The number of likely N-dealkylation sites (N-methyl/N-ethyl adjacent to an activating group) is 1. The number of anilines is 2. The highest BCUT2D eigenvalue weighted by Gasteiger charge is 2.33. The minimum atomic E-state index is -0.264. The van der Waals surface area contributed by atoms with Gasteiger partial charge in [0.25, 0.3) is 11.8 Å². The first-order valence-electron chi connectivity index (χ1n) is 10.6. The van der Waals surface area contributed by atoms with Gasteiger partial charge >= 0.3 is 0 Å². The number of nitrogens with one attached hydrogen (secondary N) is 2. The van der Waals surface area contributed by atoms with E-state index < -0.39 is 0 Å². The van der Waals surface area contributed by atoms with Crippen molar-refractivity contribution < 1.29 is 18.8 Å². The molecule has 1 aliphatic carbocycles. The quantitative estimate of drug-likeness (QED) is 0.638. The Morgan fingerprint density at radius 3 is 2.33 bits per heavy atom. The fraction of sp³-hybridized carbons (Fsp3) is 0.417. The molecule has 2 aromatic rings. The summed E-state index contributed by atoms with van der Waals surface area (Å²) in [6, 6.07) is 14.8. The van der Waals surface area contributed by atoms with E-state index in [0.29, 0.717) is 40.6 Å². The van der Waals surface area contributed by atoms with E-state index in [-0.39, 0.29) is 11.8 Å². The highest BCUT2D eigenvalue weighted by Crippen LogP contribution is 2.27. The highest BCUT2D eigenvalue weighted by molar-refractivity contribution is 6.10. The largest absolute Gasteiger partial charge is 0.494 e. The zero-order chi connectivity index (χ0) is 21.6. The van der Waals surface area contributed by atoms with Gasteiger partial charge in [-0.05, 0) is 69.0 Å². The number of para-hydroxylation sites is 1. The summed E-state index contributed by atoms with van der Waals surface area (Å²) in [5.41, 5.74) is 1.63. The number of amides is 2. The van der Waals surface area contributed by atoms with Crippen LogP contribution in [0.4, 0.5) is 11.4 Å². The number of quaternary nitrogens is 1. The van der Waals surface area contributed by atoms with Gasteiger partial charge in [0.05, 0.1) is 38.0 Å². The molecule has 0 bridgehead atoms. The molecule has 2 amide bonds. The summed E-state index contributed by atoms with van der Waals surface area (Å²) in [5.74, 6) is 0.416. The molecule has 6 heteroatoms. The second kappa shape index (κ2) is 9.76. The fourth-order valence-corrected chi connectivity index (χ4v) is 4.08. The summed E-state index contributed by atoms with van der Waals surface area (Å²) in [6.45, 7) is 2.91. The first kappa shape index (κ1) is 21.8. The third-order valence-corrected chi connectivity index (χ3v) is 5.73. The molecule has 160 valence electrons. The van der Waals surface area contributed by atoms with Gasteiger partial charge in [0.2, 0.25) is 0 Å². The molecule has 1 aliphatic rings. The van der Waals surface area contributed by atoms with Gasteiger partial charge in [-0.1, -0.05) is 12.1 Å². The minimum absolute atomic E-state index is 0.0757. The van der Waals surface area contributed by atoms with Crippen LogP contribution < -0.4 is 15.4 Å². The molecule has 2 aromatic carbocycles. The van der Waals surface area contributed by atoms with Crippen LogP contribution in [0.15, 0.2) is 48.5 Å². The molecular formula is C24H32N3O3+. The van der Waals surface area contributed by atoms with Gasteiger partial charge in [0, 0.05) is 5.69 Å². The molecule has 0 aliphatic heterocycles. The van der Waals surface area contributed by atoms with Crippen molar-refractivity contribution in [1.29, 1.82) is 0 Å². The van der Waals surface area contributed by atoms with Crippen LogP contribution in [-0.2, 0) is 4.79 Å². The lowest BCUT2D eigenvalue weighted by Gasteiger charge is -2.35. The van der Waals surface area contributed by atoms with Crippen molar-refractivity contribution in [3.05, 3.63) is 54.1 Å². The van der Waals surface area contributed by atoms with Crippen molar-refractivity contribution in [3.8, 4) is 5.75 Å². The van der Waals surface area contributed by atoms with Crippen molar-refractivity contribution in [3.63, 3.8) is 0 Å². The monoisotopic (exact) mass is 410 g/mol. The summed E-state index contributed by atoms with van der Waals surface area (Å²) in [5, 5.41) is 5.83. The summed E-state index contributed by atoms with van der Waals surface area (Å²) >= 11 is 0. The number of hydrogen-bond acceptors (Lipinski definition) is 3. The first-order valence-corrected chi connectivity index (χ1v) is 10.6. The topological polar surface area (TPSA) is 67.4 Å². The number of carbonyl (C=O) groups is 2. The molecule has 0 atom stereocenters. The summed E-state index contributed by atoms with van der Waals surface area (Å²) in [6.07, 6.45) is 4.81. The summed E-state index contributed by atoms with van der Waals surface area (Å²) < 4.78 is 6.10. The lowest BCUT2D eigenvalue weighted by atomic mass is 10.1. The van der Waals surface area contributed by atoms with Crippen LogP contribution in [0.25, 0.3) is 0 Å². The van der Waals surface area contributed by atoms with Crippen LogP contribution in [0, 0.1) is 0 Å². The minimum Gasteiger partial charge on any atom is -0.494 e.